The first-order valence-electron chi connectivity index (χ1n) is 7.31. The Labute approximate surface area is 138 Å². The Morgan fingerprint density at radius 1 is 1.33 bits per heavy atom. The summed E-state index contributed by atoms with van der Waals surface area (Å²) in [6.07, 6.45) is 6.28. The zero-order chi connectivity index (χ0) is 14.6. The second-order valence-electron chi connectivity index (χ2n) is 5.95. The van der Waals surface area contributed by atoms with Crippen LogP contribution in [0.4, 0.5) is 5.69 Å². The van der Waals surface area contributed by atoms with E-state index >= 15 is 0 Å². The van der Waals surface area contributed by atoms with Crippen molar-refractivity contribution in [3.8, 4) is 0 Å². The number of carbonyl (C=O) groups is 1. The fourth-order valence-corrected chi connectivity index (χ4v) is 3.28. The van der Waals surface area contributed by atoms with Crippen LogP contribution in [0.15, 0.2) is 18.2 Å². The van der Waals surface area contributed by atoms with E-state index in [1.807, 2.05) is 19.1 Å². The van der Waals surface area contributed by atoms with Gasteiger partial charge in [0, 0.05) is 17.1 Å². The Bertz CT molecular complexity index is 485. The van der Waals surface area contributed by atoms with Gasteiger partial charge in [0.05, 0.1) is 0 Å². The standard InChI is InChI=1S/C16H23ClN2O.ClH/c1-12-9-13(17)5-6-14(12)19-15(20)10-16(11-18)7-3-2-4-8-16;/h5-6,9H,2-4,7-8,10-11,18H2,1H3,(H,19,20);1H. The van der Waals surface area contributed by atoms with E-state index in [2.05, 4.69) is 5.32 Å². The molecule has 2 rings (SSSR count). The number of halogens is 2. The molecule has 1 aromatic rings. The van der Waals surface area contributed by atoms with Gasteiger partial charge in [-0.15, -0.1) is 12.4 Å². The third kappa shape index (κ3) is 4.87. The highest BCUT2D eigenvalue weighted by Gasteiger charge is 2.32. The molecule has 0 aromatic heterocycles. The maximum absolute atomic E-state index is 12.3. The van der Waals surface area contributed by atoms with E-state index in [0.717, 1.165) is 24.1 Å². The van der Waals surface area contributed by atoms with Gasteiger partial charge in [-0.05, 0) is 55.5 Å². The minimum atomic E-state index is 0. The van der Waals surface area contributed by atoms with Crippen molar-refractivity contribution in [2.75, 3.05) is 11.9 Å². The molecular weight excluding hydrogens is 307 g/mol. The normalized spacial score (nSPS) is 16.9. The number of nitrogens with one attached hydrogen (secondary N) is 1. The SMILES string of the molecule is Cc1cc(Cl)ccc1NC(=O)CC1(CN)CCCCC1.Cl. The molecule has 1 aliphatic carbocycles. The summed E-state index contributed by atoms with van der Waals surface area (Å²) in [5, 5.41) is 3.68. The first-order valence-corrected chi connectivity index (χ1v) is 7.69. The van der Waals surface area contributed by atoms with Crippen LogP contribution in [0.5, 0.6) is 0 Å². The van der Waals surface area contributed by atoms with Gasteiger partial charge < -0.3 is 11.1 Å². The summed E-state index contributed by atoms with van der Waals surface area (Å²) < 4.78 is 0. The molecule has 0 atom stereocenters. The average molecular weight is 331 g/mol. The predicted molar refractivity (Wildman–Crippen MR) is 91.3 cm³/mol. The van der Waals surface area contributed by atoms with E-state index in [9.17, 15) is 4.79 Å². The summed E-state index contributed by atoms with van der Waals surface area (Å²) in [4.78, 5) is 12.3. The van der Waals surface area contributed by atoms with Gasteiger partial charge in [0.2, 0.25) is 5.91 Å². The Kier molecular flexibility index (Phi) is 6.98. The highest BCUT2D eigenvalue weighted by molar-refractivity contribution is 6.30. The Hall–Kier alpha value is -0.770. The highest BCUT2D eigenvalue weighted by atomic mass is 35.5. The van der Waals surface area contributed by atoms with Crippen LogP contribution in [-0.2, 0) is 4.79 Å². The van der Waals surface area contributed by atoms with E-state index in [0.29, 0.717) is 18.0 Å². The predicted octanol–water partition coefficient (Wildman–Crippen LogP) is 4.31. The lowest BCUT2D eigenvalue weighted by Gasteiger charge is -2.35. The van der Waals surface area contributed by atoms with Crippen LogP contribution in [0.2, 0.25) is 5.02 Å². The van der Waals surface area contributed by atoms with E-state index in [1.165, 1.54) is 19.3 Å². The van der Waals surface area contributed by atoms with Crippen LogP contribution in [0.1, 0.15) is 44.1 Å². The number of rotatable bonds is 4. The molecule has 1 aromatic carbocycles. The van der Waals surface area contributed by atoms with Crippen molar-refractivity contribution in [2.45, 2.75) is 45.4 Å². The molecule has 0 saturated heterocycles. The third-order valence-corrected chi connectivity index (χ3v) is 4.58. The summed E-state index contributed by atoms with van der Waals surface area (Å²) in [5.74, 6) is 0.0581. The van der Waals surface area contributed by atoms with Gasteiger partial charge in [-0.1, -0.05) is 30.9 Å². The molecule has 1 saturated carbocycles. The average Bonchev–Trinajstić information content (AvgIpc) is 2.43. The lowest BCUT2D eigenvalue weighted by atomic mass is 9.71. The van der Waals surface area contributed by atoms with Gasteiger partial charge in [0.15, 0.2) is 0 Å². The van der Waals surface area contributed by atoms with E-state index in [1.54, 1.807) is 6.07 Å². The molecule has 118 valence electrons. The number of aryl methyl sites for hydroxylation is 1. The van der Waals surface area contributed by atoms with Crippen LogP contribution in [-0.4, -0.2) is 12.5 Å². The summed E-state index contributed by atoms with van der Waals surface area (Å²) in [5.41, 5.74) is 7.75. The molecule has 0 bridgehead atoms. The topological polar surface area (TPSA) is 55.1 Å². The van der Waals surface area contributed by atoms with Crippen LogP contribution in [0, 0.1) is 12.3 Å². The third-order valence-electron chi connectivity index (χ3n) is 4.35. The van der Waals surface area contributed by atoms with Crippen molar-refractivity contribution in [2.24, 2.45) is 11.1 Å². The monoisotopic (exact) mass is 330 g/mol. The van der Waals surface area contributed by atoms with E-state index in [-0.39, 0.29) is 23.7 Å². The number of carbonyl (C=O) groups excluding carboxylic acids is 1. The number of benzene rings is 1. The zero-order valence-corrected chi connectivity index (χ0v) is 14.0. The summed E-state index contributed by atoms with van der Waals surface area (Å²) in [6.45, 7) is 2.54. The van der Waals surface area contributed by atoms with Crippen LogP contribution < -0.4 is 11.1 Å². The van der Waals surface area contributed by atoms with Gasteiger partial charge in [-0.2, -0.15) is 0 Å². The Morgan fingerprint density at radius 2 is 2.00 bits per heavy atom. The molecule has 0 unspecified atom stereocenters. The molecule has 0 heterocycles. The Balaban J connectivity index is 0.00000220. The number of amides is 1. The fraction of sp³-hybridized carbons (Fsp3) is 0.562. The molecule has 1 amide bonds. The smallest absolute Gasteiger partial charge is 0.224 e. The summed E-state index contributed by atoms with van der Waals surface area (Å²) in [7, 11) is 0. The molecule has 0 aliphatic heterocycles. The number of nitrogens with two attached hydrogens (primary N) is 1. The van der Waals surface area contributed by atoms with Gasteiger partial charge in [0.1, 0.15) is 0 Å². The first-order chi connectivity index (χ1) is 9.54. The summed E-state index contributed by atoms with van der Waals surface area (Å²) >= 11 is 5.92. The minimum Gasteiger partial charge on any atom is -0.330 e. The van der Waals surface area contributed by atoms with E-state index in [4.69, 9.17) is 17.3 Å². The van der Waals surface area contributed by atoms with Crippen molar-refractivity contribution < 1.29 is 4.79 Å². The second kappa shape index (κ2) is 8.02. The van der Waals surface area contributed by atoms with Gasteiger partial charge in [0.25, 0.3) is 0 Å². The van der Waals surface area contributed by atoms with Crippen molar-refractivity contribution >= 4 is 35.6 Å². The van der Waals surface area contributed by atoms with Crippen molar-refractivity contribution in [1.29, 1.82) is 0 Å². The molecule has 21 heavy (non-hydrogen) atoms. The van der Waals surface area contributed by atoms with Gasteiger partial charge in [-0.3, -0.25) is 4.79 Å². The molecule has 1 aliphatic rings. The number of hydrogen-bond acceptors (Lipinski definition) is 2. The van der Waals surface area contributed by atoms with Crippen LogP contribution in [0.3, 0.4) is 0 Å². The highest BCUT2D eigenvalue weighted by Crippen LogP contribution is 2.38. The Morgan fingerprint density at radius 3 is 2.57 bits per heavy atom. The lowest BCUT2D eigenvalue weighted by Crippen LogP contribution is -2.36. The van der Waals surface area contributed by atoms with Gasteiger partial charge >= 0.3 is 0 Å². The maximum Gasteiger partial charge on any atom is 0.224 e. The number of hydrogen-bond donors (Lipinski definition) is 2. The molecule has 0 spiro atoms. The van der Waals surface area contributed by atoms with Crippen LogP contribution in [0.25, 0.3) is 0 Å². The lowest BCUT2D eigenvalue weighted by molar-refractivity contribution is -0.118. The molecule has 3 nitrogen and oxygen atoms in total. The number of anilines is 1. The molecular formula is C16H24Cl2N2O. The van der Waals surface area contributed by atoms with Crippen molar-refractivity contribution in [3.63, 3.8) is 0 Å². The molecule has 3 N–H and O–H groups in total. The molecule has 0 radical (unpaired) electrons. The van der Waals surface area contributed by atoms with Gasteiger partial charge in [-0.25, -0.2) is 0 Å². The molecule has 5 heteroatoms. The zero-order valence-electron chi connectivity index (χ0n) is 12.5. The fourth-order valence-electron chi connectivity index (χ4n) is 3.06. The largest absolute Gasteiger partial charge is 0.330 e. The summed E-state index contributed by atoms with van der Waals surface area (Å²) in [6, 6.07) is 5.51. The molecule has 1 fully saturated rings. The van der Waals surface area contributed by atoms with Crippen molar-refractivity contribution in [1.82, 2.24) is 0 Å². The second-order valence-corrected chi connectivity index (χ2v) is 6.39. The van der Waals surface area contributed by atoms with Crippen molar-refractivity contribution in [3.05, 3.63) is 28.8 Å². The van der Waals surface area contributed by atoms with E-state index < -0.39 is 0 Å². The quantitative estimate of drug-likeness (QED) is 0.864. The van der Waals surface area contributed by atoms with Crippen LogP contribution >= 0.6 is 24.0 Å². The maximum atomic E-state index is 12.3. The minimum absolute atomic E-state index is 0. The first kappa shape index (κ1) is 18.3.